The van der Waals surface area contributed by atoms with Crippen LogP contribution in [0.4, 0.5) is 5.69 Å². The second-order valence-corrected chi connectivity index (χ2v) is 7.17. The maximum absolute atomic E-state index is 11.9. The molecule has 0 unspecified atom stereocenters. The molecule has 0 saturated heterocycles. The SMILES string of the molecule is CC(C)(C)c1ccc(NC(=O)CCNC(=O)c2ccsc2)cc1. The molecule has 2 amide bonds. The lowest BCUT2D eigenvalue weighted by Gasteiger charge is -2.19. The average molecular weight is 330 g/mol. The van der Waals surface area contributed by atoms with Gasteiger partial charge in [0.25, 0.3) is 5.91 Å². The van der Waals surface area contributed by atoms with E-state index in [-0.39, 0.29) is 23.7 Å². The van der Waals surface area contributed by atoms with Crippen molar-refractivity contribution >= 4 is 28.8 Å². The molecular weight excluding hydrogens is 308 g/mol. The third kappa shape index (κ3) is 5.21. The molecular formula is C18H22N2O2S. The van der Waals surface area contributed by atoms with Crippen LogP contribution >= 0.6 is 11.3 Å². The van der Waals surface area contributed by atoms with Crippen LogP contribution in [0.3, 0.4) is 0 Å². The first-order valence-electron chi connectivity index (χ1n) is 7.57. The van der Waals surface area contributed by atoms with Gasteiger partial charge in [-0.1, -0.05) is 32.9 Å². The number of nitrogens with one attached hydrogen (secondary N) is 2. The predicted molar refractivity (Wildman–Crippen MR) is 95.0 cm³/mol. The van der Waals surface area contributed by atoms with Gasteiger partial charge in [-0.2, -0.15) is 11.3 Å². The van der Waals surface area contributed by atoms with Crippen molar-refractivity contribution in [1.82, 2.24) is 5.32 Å². The summed E-state index contributed by atoms with van der Waals surface area (Å²) in [6.45, 7) is 6.77. The van der Waals surface area contributed by atoms with Gasteiger partial charge >= 0.3 is 0 Å². The molecule has 4 nitrogen and oxygen atoms in total. The zero-order chi connectivity index (χ0) is 16.9. The molecule has 122 valence electrons. The Labute approximate surface area is 140 Å². The quantitative estimate of drug-likeness (QED) is 0.876. The van der Waals surface area contributed by atoms with Gasteiger partial charge in [0.2, 0.25) is 5.91 Å². The summed E-state index contributed by atoms with van der Waals surface area (Å²) in [5.74, 6) is -0.257. The lowest BCUT2D eigenvalue weighted by molar-refractivity contribution is -0.116. The van der Waals surface area contributed by atoms with Gasteiger partial charge in [0.1, 0.15) is 0 Å². The summed E-state index contributed by atoms with van der Waals surface area (Å²) in [6, 6.07) is 9.61. The molecule has 2 N–H and O–H groups in total. The summed E-state index contributed by atoms with van der Waals surface area (Å²) in [6.07, 6.45) is 0.247. The fourth-order valence-electron chi connectivity index (χ4n) is 2.06. The van der Waals surface area contributed by atoms with Gasteiger partial charge in [-0.25, -0.2) is 0 Å². The fraction of sp³-hybridized carbons (Fsp3) is 0.333. The summed E-state index contributed by atoms with van der Waals surface area (Å²) >= 11 is 1.47. The van der Waals surface area contributed by atoms with E-state index < -0.39 is 0 Å². The lowest BCUT2D eigenvalue weighted by Crippen LogP contribution is -2.27. The number of anilines is 1. The first kappa shape index (κ1) is 17.2. The van der Waals surface area contributed by atoms with E-state index in [9.17, 15) is 9.59 Å². The van der Waals surface area contributed by atoms with Crippen LogP contribution in [0.25, 0.3) is 0 Å². The first-order chi connectivity index (χ1) is 10.9. The van der Waals surface area contributed by atoms with E-state index in [1.165, 1.54) is 16.9 Å². The van der Waals surface area contributed by atoms with Gasteiger partial charge in [0, 0.05) is 29.6 Å². The second kappa shape index (κ2) is 7.42. The second-order valence-electron chi connectivity index (χ2n) is 6.39. The Kier molecular flexibility index (Phi) is 5.55. The highest BCUT2D eigenvalue weighted by Gasteiger charge is 2.13. The summed E-state index contributed by atoms with van der Waals surface area (Å²) in [4.78, 5) is 23.6. The van der Waals surface area contributed by atoms with E-state index in [0.29, 0.717) is 12.1 Å². The summed E-state index contributed by atoms with van der Waals surface area (Å²) in [5, 5.41) is 9.21. The number of hydrogen-bond donors (Lipinski definition) is 2. The first-order valence-corrected chi connectivity index (χ1v) is 8.51. The van der Waals surface area contributed by atoms with Crippen molar-refractivity contribution in [3.8, 4) is 0 Å². The van der Waals surface area contributed by atoms with Gasteiger partial charge in [-0.15, -0.1) is 0 Å². The van der Waals surface area contributed by atoms with Gasteiger partial charge in [0.15, 0.2) is 0 Å². The molecule has 0 aliphatic rings. The third-order valence-electron chi connectivity index (χ3n) is 3.46. The normalized spacial score (nSPS) is 11.1. The van der Waals surface area contributed by atoms with E-state index in [4.69, 9.17) is 0 Å². The van der Waals surface area contributed by atoms with Crippen LogP contribution in [0.2, 0.25) is 0 Å². The maximum atomic E-state index is 11.9. The zero-order valence-electron chi connectivity index (χ0n) is 13.7. The molecule has 0 radical (unpaired) electrons. The number of carbonyl (C=O) groups excluding carboxylic acids is 2. The van der Waals surface area contributed by atoms with Crippen LogP contribution in [0.1, 0.15) is 43.1 Å². The summed E-state index contributed by atoms with van der Waals surface area (Å²) in [5.41, 5.74) is 2.72. The minimum atomic E-state index is -0.145. The number of thiophene rings is 1. The molecule has 0 atom stereocenters. The number of carbonyl (C=O) groups is 2. The zero-order valence-corrected chi connectivity index (χ0v) is 14.5. The van der Waals surface area contributed by atoms with Crippen molar-refractivity contribution in [3.05, 3.63) is 52.2 Å². The van der Waals surface area contributed by atoms with Crippen molar-refractivity contribution in [2.75, 3.05) is 11.9 Å². The molecule has 5 heteroatoms. The van der Waals surface area contributed by atoms with E-state index in [0.717, 1.165) is 5.69 Å². The number of benzene rings is 1. The predicted octanol–water partition coefficient (Wildman–Crippen LogP) is 3.80. The van der Waals surface area contributed by atoms with Gasteiger partial charge in [-0.05, 0) is 34.6 Å². The molecule has 0 aliphatic carbocycles. The molecule has 0 fully saturated rings. The van der Waals surface area contributed by atoms with E-state index in [2.05, 4.69) is 31.4 Å². The molecule has 0 spiro atoms. The molecule has 0 aliphatic heterocycles. The van der Waals surface area contributed by atoms with Crippen LogP contribution in [-0.2, 0) is 10.2 Å². The molecule has 23 heavy (non-hydrogen) atoms. The Bertz CT molecular complexity index is 655. The third-order valence-corrected chi connectivity index (χ3v) is 4.14. The van der Waals surface area contributed by atoms with Gasteiger partial charge in [0.05, 0.1) is 0 Å². The smallest absolute Gasteiger partial charge is 0.252 e. The largest absolute Gasteiger partial charge is 0.351 e. The Balaban J connectivity index is 1.77. The van der Waals surface area contributed by atoms with Crippen molar-refractivity contribution in [2.24, 2.45) is 0 Å². The lowest BCUT2D eigenvalue weighted by atomic mass is 9.87. The molecule has 0 saturated carbocycles. The minimum absolute atomic E-state index is 0.0917. The molecule has 1 aromatic heterocycles. The Hall–Kier alpha value is -2.14. The summed E-state index contributed by atoms with van der Waals surface area (Å²) < 4.78 is 0. The Morgan fingerprint density at radius 3 is 2.35 bits per heavy atom. The summed E-state index contributed by atoms with van der Waals surface area (Å²) in [7, 11) is 0. The van der Waals surface area contributed by atoms with E-state index in [1.807, 2.05) is 29.6 Å². The highest BCUT2D eigenvalue weighted by atomic mass is 32.1. The van der Waals surface area contributed by atoms with Gasteiger partial charge < -0.3 is 10.6 Å². The minimum Gasteiger partial charge on any atom is -0.351 e. The molecule has 2 aromatic rings. The number of hydrogen-bond acceptors (Lipinski definition) is 3. The highest BCUT2D eigenvalue weighted by molar-refractivity contribution is 7.08. The fourth-order valence-corrected chi connectivity index (χ4v) is 2.70. The number of amides is 2. The number of rotatable bonds is 5. The standard InChI is InChI=1S/C18H22N2O2S/c1-18(2,3)14-4-6-15(7-5-14)20-16(21)8-10-19-17(22)13-9-11-23-12-13/h4-7,9,11-12H,8,10H2,1-3H3,(H,19,22)(H,20,21). The van der Waals surface area contributed by atoms with E-state index >= 15 is 0 Å². The van der Waals surface area contributed by atoms with Crippen LogP contribution in [0.15, 0.2) is 41.1 Å². The van der Waals surface area contributed by atoms with Crippen LogP contribution in [0, 0.1) is 0 Å². The Morgan fingerprint density at radius 1 is 1.09 bits per heavy atom. The maximum Gasteiger partial charge on any atom is 0.252 e. The van der Waals surface area contributed by atoms with Crippen molar-refractivity contribution in [2.45, 2.75) is 32.6 Å². The topological polar surface area (TPSA) is 58.2 Å². The molecule has 1 heterocycles. The van der Waals surface area contributed by atoms with Crippen LogP contribution in [-0.4, -0.2) is 18.4 Å². The van der Waals surface area contributed by atoms with Crippen molar-refractivity contribution in [3.63, 3.8) is 0 Å². The molecule has 0 bridgehead atoms. The van der Waals surface area contributed by atoms with Crippen LogP contribution in [0.5, 0.6) is 0 Å². The Morgan fingerprint density at radius 2 is 1.78 bits per heavy atom. The van der Waals surface area contributed by atoms with Crippen molar-refractivity contribution in [1.29, 1.82) is 0 Å². The average Bonchev–Trinajstić information content (AvgIpc) is 3.01. The van der Waals surface area contributed by atoms with Gasteiger partial charge in [-0.3, -0.25) is 9.59 Å². The van der Waals surface area contributed by atoms with Crippen LogP contribution < -0.4 is 10.6 Å². The highest BCUT2D eigenvalue weighted by Crippen LogP contribution is 2.23. The van der Waals surface area contributed by atoms with Crippen molar-refractivity contribution < 1.29 is 9.59 Å². The molecule has 2 rings (SSSR count). The van der Waals surface area contributed by atoms with E-state index in [1.54, 1.807) is 11.4 Å². The molecule has 1 aromatic carbocycles. The monoisotopic (exact) mass is 330 g/mol.